The van der Waals surface area contributed by atoms with Gasteiger partial charge in [-0.3, -0.25) is 0 Å². The summed E-state index contributed by atoms with van der Waals surface area (Å²) in [7, 11) is 3.18. The first-order valence-electron chi connectivity index (χ1n) is 9.24. The molecule has 0 saturated carbocycles. The highest BCUT2D eigenvalue weighted by molar-refractivity contribution is 5.43. The molecule has 1 N–H and O–H groups in total. The molecule has 0 saturated heterocycles. The number of halogens is 3. The van der Waals surface area contributed by atoms with Crippen molar-refractivity contribution in [2.24, 2.45) is 0 Å². The van der Waals surface area contributed by atoms with E-state index in [4.69, 9.17) is 14.2 Å². The molecule has 0 unspecified atom stereocenters. The number of ether oxygens (including phenoxy) is 3. The Morgan fingerprint density at radius 3 is 2.03 bits per heavy atom. The third-order valence-corrected chi connectivity index (χ3v) is 4.40. The Labute approximate surface area is 173 Å². The van der Waals surface area contributed by atoms with Crippen LogP contribution in [0.5, 0.6) is 23.0 Å². The molecule has 0 aromatic heterocycles. The van der Waals surface area contributed by atoms with Gasteiger partial charge in [0.15, 0.2) is 11.5 Å². The Morgan fingerprint density at radius 1 is 0.733 bits per heavy atom. The normalized spacial score (nSPS) is 11.2. The predicted octanol–water partition coefficient (Wildman–Crippen LogP) is 5.80. The standard InChI is InChI=1S/C23H22F3NO3/c1-28-21-10-9-17(12-22(21)29-2)15-27-14-16-5-3-7-19(11-16)30-20-8-4-6-18(13-20)23(24,25)26/h3-13,27H,14-15H2,1-2H3. The molecule has 3 aromatic rings. The van der Waals surface area contributed by atoms with Crippen LogP contribution in [-0.4, -0.2) is 14.2 Å². The van der Waals surface area contributed by atoms with Gasteiger partial charge in [-0.25, -0.2) is 0 Å². The van der Waals surface area contributed by atoms with E-state index in [9.17, 15) is 13.2 Å². The molecule has 30 heavy (non-hydrogen) atoms. The van der Waals surface area contributed by atoms with E-state index in [0.717, 1.165) is 23.3 Å². The first-order valence-corrected chi connectivity index (χ1v) is 9.24. The van der Waals surface area contributed by atoms with Crippen LogP contribution in [0, 0.1) is 0 Å². The summed E-state index contributed by atoms with van der Waals surface area (Å²) < 4.78 is 54.7. The molecule has 3 rings (SSSR count). The second kappa shape index (κ2) is 9.54. The van der Waals surface area contributed by atoms with Crippen molar-refractivity contribution in [2.45, 2.75) is 19.3 Å². The van der Waals surface area contributed by atoms with Gasteiger partial charge in [-0.1, -0.05) is 24.3 Å². The second-order valence-corrected chi connectivity index (χ2v) is 6.57. The van der Waals surface area contributed by atoms with Crippen LogP contribution in [0.4, 0.5) is 13.2 Å². The number of rotatable bonds is 8. The zero-order valence-corrected chi connectivity index (χ0v) is 16.6. The minimum absolute atomic E-state index is 0.139. The summed E-state index contributed by atoms with van der Waals surface area (Å²) in [5.41, 5.74) is 1.23. The molecular weight excluding hydrogens is 395 g/mol. The third kappa shape index (κ3) is 5.67. The average Bonchev–Trinajstić information content (AvgIpc) is 2.73. The van der Waals surface area contributed by atoms with Gasteiger partial charge in [0.05, 0.1) is 19.8 Å². The molecule has 0 fully saturated rings. The summed E-state index contributed by atoms with van der Waals surface area (Å²) in [6, 6.07) is 17.7. The Hall–Kier alpha value is -3.19. The van der Waals surface area contributed by atoms with E-state index in [1.807, 2.05) is 24.3 Å². The van der Waals surface area contributed by atoms with Crippen molar-refractivity contribution in [3.63, 3.8) is 0 Å². The molecule has 0 spiro atoms. The molecule has 3 aromatic carbocycles. The SMILES string of the molecule is COc1ccc(CNCc2cccc(Oc3cccc(C(F)(F)F)c3)c2)cc1OC. The molecule has 0 amide bonds. The molecular formula is C23H22F3NO3. The van der Waals surface area contributed by atoms with E-state index in [0.29, 0.717) is 30.3 Å². The molecule has 7 heteroatoms. The maximum atomic E-state index is 12.9. The number of alkyl halides is 3. The Morgan fingerprint density at radius 2 is 1.37 bits per heavy atom. The van der Waals surface area contributed by atoms with E-state index in [-0.39, 0.29) is 5.75 Å². The van der Waals surface area contributed by atoms with E-state index in [1.54, 1.807) is 32.4 Å². The van der Waals surface area contributed by atoms with Crippen molar-refractivity contribution >= 4 is 0 Å². The molecule has 0 aliphatic heterocycles. The Bertz CT molecular complexity index is 989. The zero-order chi connectivity index (χ0) is 21.6. The number of hydrogen-bond donors (Lipinski definition) is 1. The van der Waals surface area contributed by atoms with E-state index < -0.39 is 11.7 Å². The summed E-state index contributed by atoms with van der Waals surface area (Å²) in [6.45, 7) is 1.17. The van der Waals surface area contributed by atoms with Crippen LogP contribution in [0.25, 0.3) is 0 Å². The van der Waals surface area contributed by atoms with Gasteiger partial charge in [0.1, 0.15) is 11.5 Å². The Kier molecular flexibility index (Phi) is 6.84. The molecule has 0 bridgehead atoms. The monoisotopic (exact) mass is 417 g/mol. The second-order valence-electron chi connectivity index (χ2n) is 6.57. The van der Waals surface area contributed by atoms with Crippen molar-refractivity contribution in [3.05, 3.63) is 83.4 Å². The Balaban J connectivity index is 1.61. The summed E-state index contributed by atoms with van der Waals surface area (Å²) in [5, 5.41) is 3.33. The first kappa shape index (κ1) is 21.5. The number of benzene rings is 3. The van der Waals surface area contributed by atoms with Gasteiger partial charge in [0.2, 0.25) is 0 Å². The lowest BCUT2D eigenvalue weighted by Gasteiger charge is -2.12. The van der Waals surface area contributed by atoms with Gasteiger partial charge in [-0.2, -0.15) is 13.2 Å². The van der Waals surface area contributed by atoms with Crippen LogP contribution >= 0.6 is 0 Å². The number of methoxy groups -OCH3 is 2. The average molecular weight is 417 g/mol. The fourth-order valence-electron chi connectivity index (χ4n) is 2.93. The van der Waals surface area contributed by atoms with Crippen molar-refractivity contribution in [1.29, 1.82) is 0 Å². The number of nitrogens with one attached hydrogen (secondary N) is 1. The van der Waals surface area contributed by atoms with Crippen LogP contribution in [0.3, 0.4) is 0 Å². The maximum Gasteiger partial charge on any atom is 0.416 e. The zero-order valence-electron chi connectivity index (χ0n) is 16.6. The minimum Gasteiger partial charge on any atom is -0.493 e. The fraction of sp³-hybridized carbons (Fsp3) is 0.217. The van der Waals surface area contributed by atoms with Gasteiger partial charge in [0, 0.05) is 13.1 Å². The van der Waals surface area contributed by atoms with Crippen molar-refractivity contribution in [3.8, 4) is 23.0 Å². The van der Waals surface area contributed by atoms with Crippen LogP contribution in [0.1, 0.15) is 16.7 Å². The molecule has 0 aliphatic carbocycles. The lowest BCUT2D eigenvalue weighted by Crippen LogP contribution is -2.12. The summed E-state index contributed by atoms with van der Waals surface area (Å²) >= 11 is 0. The van der Waals surface area contributed by atoms with Gasteiger partial charge in [0.25, 0.3) is 0 Å². The highest BCUT2D eigenvalue weighted by Gasteiger charge is 2.30. The molecule has 0 radical (unpaired) electrons. The van der Waals surface area contributed by atoms with Gasteiger partial charge in [-0.05, 0) is 53.6 Å². The maximum absolute atomic E-state index is 12.9. The van der Waals surface area contributed by atoms with Crippen LogP contribution < -0.4 is 19.5 Å². The van der Waals surface area contributed by atoms with E-state index in [1.165, 1.54) is 12.1 Å². The smallest absolute Gasteiger partial charge is 0.416 e. The quantitative estimate of drug-likeness (QED) is 0.503. The topological polar surface area (TPSA) is 39.7 Å². The van der Waals surface area contributed by atoms with Crippen molar-refractivity contribution < 1.29 is 27.4 Å². The predicted molar refractivity (Wildman–Crippen MR) is 108 cm³/mol. The van der Waals surface area contributed by atoms with Crippen LogP contribution in [0.15, 0.2) is 66.7 Å². The third-order valence-electron chi connectivity index (χ3n) is 4.40. The molecule has 0 atom stereocenters. The van der Waals surface area contributed by atoms with E-state index in [2.05, 4.69) is 5.32 Å². The first-order chi connectivity index (χ1) is 14.4. The van der Waals surface area contributed by atoms with Crippen molar-refractivity contribution in [2.75, 3.05) is 14.2 Å². The van der Waals surface area contributed by atoms with Crippen molar-refractivity contribution in [1.82, 2.24) is 5.32 Å². The summed E-state index contributed by atoms with van der Waals surface area (Å²) in [4.78, 5) is 0. The lowest BCUT2D eigenvalue weighted by molar-refractivity contribution is -0.137. The lowest BCUT2D eigenvalue weighted by atomic mass is 10.1. The highest BCUT2D eigenvalue weighted by Crippen LogP contribution is 2.33. The van der Waals surface area contributed by atoms with E-state index >= 15 is 0 Å². The molecule has 0 aliphatic rings. The van der Waals surface area contributed by atoms with Gasteiger partial charge < -0.3 is 19.5 Å². The van der Waals surface area contributed by atoms with Crippen LogP contribution in [0.2, 0.25) is 0 Å². The van der Waals surface area contributed by atoms with Crippen LogP contribution in [-0.2, 0) is 19.3 Å². The molecule has 158 valence electrons. The van der Waals surface area contributed by atoms with Gasteiger partial charge in [-0.15, -0.1) is 0 Å². The minimum atomic E-state index is -4.41. The molecule has 4 nitrogen and oxygen atoms in total. The fourth-order valence-corrected chi connectivity index (χ4v) is 2.93. The molecule has 0 heterocycles. The highest BCUT2D eigenvalue weighted by atomic mass is 19.4. The van der Waals surface area contributed by atoms with Gasteiger partial charge >= 0.3 is 6.18 Å². The summed E-state index contributed by atoms with van der Waals surface area (Å²) in [6.07, 6.45) is -4.41. The number of hydrogen-bond acceptors (Lipinski definition) is 4. The summed E-state index contributed by atoms with van der Waals surface area (Å²) in [5.74, 6) is 1.94. The largest absolute Gasteiger partial charge is 0.493 e.